The van der Waals surface area contributed by atoms with Crippen LogP contribution < -0.4 is 19.8 Å². The summed E-state index contributed by atoms with van der Waals surface area (Å²) >= 11 is 0. The van der Waals surface area contributed by atoms with Crippen molar-refractivity contribution in [2.24, 2.45) is 0 Å². The van der Waals surface area contributed by atoms with Gasteiger partial charge in [0.25, 0.3) is 5.91 Å². The molecule has 1 amide bonds. The minimum Gasteiger partial charge on any atom is -0.493 e. The third kappa shape index (κ3) is 3.75. The van der Waals surface area contributed by atoms with Crippen LogP contribution in [0, 0.1) is 0 Å². The van der Waals surface area contributed by atoms with E-state index < -0.39 is 6.04 Å². The molecule has 1 atom stereocenters. The summed E-state index contributed by atoms with van der Waals surface area (Å²) in [5, 5.41) is 0.468. The third-order valence-electron chi connectivity index (χ3n) is 6.50. The first kappa shape index (κ1) is 21.5. The Bertz CT molecular complexity index is 1250. The standard InChI is InChI=1S/C25H26N2O6/c1-30-19-8-7-16(15-20(19)31-2)22-21-23(28)17-5-3-4-6-18(17)33-24(21)25(29)27(22)10-9-26-11-13-32-14-12-26/h3-8,15,22H,9-14H2,1-2H3/p+1/t22-/m1/s1. The van der Waals surface area contributed by atoms with Crippen molar-refractivity contribution < 1.29 is 28.3 Å². The van der Waals surface area contributed by atoms with Crippen molar-refractivity contribution >= 4 is 16.9 Å². The van der Waals surface area contributed by atoms with Crippen LogP contribution in [0.1, 0.15) is 27.7 Å². The Kier molecular flexibility index (Phi) is 5.78. The Morgan fingerprint density at radius 2 is 1.79 bits per heavy atom. The van der Waals surface area contributed by atoms with Crippen molar-refractivity contribution in [3.8, 4) is 11.5 Å². The minimum atomic E-state index is -0.561. The van der Waals surface area contributed by atoms with E-state index in [9.17, 15) is 9.59 Å². The molecule has 2 aromatic carbocycles. The highest BCUT2D eigenvalue weighted by atomic mass is 16.5. The van der Waals surface area contributed by atoms with Gasteiger partial charge in [-0.3, -0.25) is 9.59 Å². The smallest absolute Gasteiger partial charge is 0.291 e. The zero-order valence-electron chi connectivity index (χ0n) is 18.8. The predicted molar refractivity (Wildman–Crippen MR) is 121 cm³/mol. The average Bonchev–Trinajstić information content (AvgIpc) is 3.14. The van der Waals surface area contributed by atoms with E-state index in [1.54, 1.807) is 49.5 Å². The quantitative estimate of drug-likeness (QED) is 0.608. The van der Waals surface area contributed by atoms with Gasteiger partial charge in [0.2, 0.25) is 5.76 Å². The summed E-state index contributed by atoms with van der Waals surface area (Å²) in [6.07, 6.45) is 0. The number of carbonyl (C=O) groups is 1. The van der Waals surface area contributed by atoms with E-state index in [0.717, 1.165) is 25.2 Å². The van der Waals surface area contributed by atoms with E-state index in [-0.39, 0.29) is 17.1 Å². The van der Waals surface area contributed by atoms with Gasteiger partial charge in [-0.1, -0.05) is 18.2 Å². The number of rotatable bonds is 6. The summed E-state index contributed by atoms with van der Waals surface area (Å²) in [7, 11) is 3.14. The molecule has 0 bridgehead atoms. The van der Waals surface area contributed by atoms with Crippen LogP contribution in [0.2, 0.25) is 0 Å². The van der Waals surface area contributed by atoms with Crippen molar-refractivity contribution in [3.05, 3.63) is 69.6 Å². The summed E-state index contributed by atoms with van der Waals surface area (Å²) < 4.78 is 22.3. The lowest BCUT2D eigenvalue weighted by atomic mass is 9.98. The molecular weight excluding hydrogens is 424 g/mol. The molecule has 5 rings (SSSR count). The molecule has 0 aliphatic carbocycles. The third-order valence-corrected chi connectivity index (χ3v) is 6.50. The van der Waals surface area contributed by atoms with Gasteiger partial charge in [-0.2, -0.15) is 0 Å². The summed E-state index contributed by atoms with van der Waals surface area (Å²) in [4.78, 5) is 30.2. The van der Waals surface area contributed by atoms with E-state index >= 15 is 0 Å². The Labute approximate surface area is 191 Å². The van der Waals surface area contributed by atoms with E-state index in [0.29, 0.717) is 47.8 Å². The van der Waals surface area contributed by atoms with E-state index in [2.05, 4.69) is 0 Å². The van der Waals surface area contributed by atoms with Gasteiger partial charge in [0.05, 0.1) is 57.5 Å². The molecule has 0 unspecified atom stereocenters. The topological polar surface area (TPSA) is 82.7 Å². The first-order chi connectivity index (χ1) is 16.1. The molecule has 2 aliphatic rings. The van der Waals surface area contributed by atoms with Crippen LogP contribution in [-0.2, 0) is 4.74 Å². The molecule has 0 saturated carbocycles. The van der Waals surface area contributed by atoms with E-state index in [4.69, 9.17) is 18.6 Å². The monoisotopic (exact) mass is 451 g/mol. The lowest BCUT2D eigenvalue weighted by Crippen LogP contribution is -3.14. The molecule has 3 heterocycles. The second-order valence-electron chi connectivity index (χ2n) is 8.30. The number of fused-ring (bicyclic) bond motifs is 2. The highest BCUT2D eigenvalue weighted by molar-refractivity contribution is 5.99. The van der Waals surface area contributed by atoms with Gasteiger partial charge in [-0.15, -0.1) is 0 Å². The number of benzene rings is 2. The van der Waals surface area contributed by atoms with E-state index in [1.807, 2.05) is 12.1 Å². The molecule has 1 N–H and O–H groups in total. The van der Waals surface area contributed by atoms with Crippen LogP contribution in [-0.4, -0.2) is 64.4 Å². The van der Waals surface area contributed by atoms with Gasteiger partial charge in [0.1, 0.15) is 18.7 Å². The first-order valence-corrected chi connectivity index (χ1v) is 11.1. The highest BCUT2D eigenvalue weighted by Crippen LogP contribution is 2.40. The second-order valence-corrected chi connectivity index (χ2v) is 8.30. The van der Waals surface area contributed by atoms with Gasteiger partial charge in [-0.05, 0) is 29.8 Å². The van der Waals surface area contributed by atoms with Crippen LogP contribution in [0.15, 0.2) is 51.7 Å². The molecule has 0 radical (unpaired) electrons. The van der Waals surface area contributed by atoms with Crippen molar-refractivity contribution in [2.75, 3.05) is 53.6 Å². The number of hydrogen-bond acceptors (Lipinski definition) is 6. The van der Waals surface area contributed by atoms with Crippen molar-refractivity contribution in [2.45, 2.75) is 6.04 Å². The first-order valence-electron chi connectivity index (χ1n) is 11.1. The molecule has 8 heteroatoms. The number of quaternary nitrogens is 1. The summed E-state index contributed by atoms with van der Waals surface area (Å²) in [5.41, 5.74) is 1.39. The molecule has 3 aromatic rings. The SMILES string of the molecule is COc1ccc([C@@H]2c3c(oc4ccccc4c3=O)C(=O)N2CC[NH+]2CCOCC2)cc1OC. The van der Waals surface area contributed by atoms with Crippen LogP contribution in [0.5, 0.6) is 11.5 Å². The van der Waals surface area contributed by atoms with Gasteiger partial charge in [-0.25, -0.2) is 0 Å². The molecule has 1 fully saturated rings. The lowest BCUT2D eigenvalue weighted by Gasteiger charge is -2.29. The molecule has 8 nitrogen and oxygen atoms in total. The molecule has 33 heavy (non-hydrogen) atoms. The Morgan fingerprint density at radius 3 is 2.55 bits per heavy atom. The number of nitrogens with zero attached hydrogens (tertiary/aromatic N) is 1. The fourth-order valence-electron chi connectivity index (χ4n) is 4.76. The summed E-state index contributed by atoms with van der Waals surface area (Å²) in [6, 6.07) is 12.0. The predicted octanol–water partition coefficient (Wildman–Crippen LogP) is 1.27. The van der Waals surface area contributed by atoms with Gasteiger partial charge >= 0.3 is 0 Å². The Morgan fingerprint density at radius 1 is 1.03 bits per heavy atom. The van der Waals surface area contributed by atoms with Crippen LogP contribution in [0.3, 0.4) is 0 Å². The van der Waals surface area contributed by atoms with Gasteiger partial charge in [0, 0.05) is 0 Å². The minimum absolute atomic E-state index is 0.121. The molecule has 172 valence electrons. The second kappa shape index (κ2) is 8.88. The number of carbonyl (C=O) groups excluding carboxylic acids is 1. The zero-order chi connectivity index (χ0) is 22.9. The number of nitrogens with one attached hydrogen (secondary N) is 1. The average molecular weight is 451 g/mol. The molecular formula is C25H27N2O6+. The van der Waals surface area contributed by atoms with Crippen LogP contribution in [0.4, 0.5) is 0 Å². The van der Waals surface area contributed by atoms with Crippen molar-refractivity contribution in [1.82, 2.24) is 4.90 Å². The van der Waals surface area contributed by atoms with Gasteiger partial charge < -0.3 is 28.4 Å². The van der Waals surface area contributed by atoms with Crippen LogP contribution >= 0.6 is 0 Å². The number of para-hydroxylation sites is 1. The maximum Gasteiger partial charge on any atom is 0.291 e. The summed E-state index contributed by atoms with van der Waals surface area (Å²) in [6.45, 7) is 4.49. The fourth-order valence-corrected chi connectivity index (χ4v) is 4.76. The number of methoxy groups -OCH3 is 2. The Balaban J connectivity index is 1.61. The summed E-state index contributed by atoms with van der Waals surface area (Å²) in [5.74, 6) is 0.983. The largest absolute Gasteiger partial charge is 0.493 e. The molecule has 2 aliphatic heterocycles. The fraction of sp³-hybridized carbons (Fsp3) is 0.360. The number of hydrogen-bond donors (Lipinski definition) is 1. The van der Waals surface area contributed by atoms with Crippen LogP contribution in [0.25, 0.3) is 11.0 Å². The number of ether oxygens (including phenoxy) is 3. The molecule has 0 spiro atoms. The number of morpholine rings is 1. The maximum atomic E-state index is 13.6. The lowest BCUT2D eigenvalue weighted by molar-refractivity contribution is -0.907. The Hall–Kier alpha value is -3.36. The zero-order valence-corrected chi connectivity index (χ0v) is 18.8. The highest BCUT2D eigenvalue weighted by Gasteiger charge is 2.43. The van der Waals surface area contributed by atoms with Crippen molar-refractivity contribution in [1.29, 1.82) is 0 Å². The molecule has 1 aromatic heterocycles. The van der Waals surface area contributed by atoms with Gasteiger partial charge in [0.15, 0.2) is 16.9 Å². The van der Waals surface area contributed by atoms with Crippen molar-refractivity contribution in [3.63, 3.8) is 0 Å². The normalized spacial score (nSPS) is 18.5. The molecule has 1 saturated heterocycles. The van der Waals surface area contributed by atoms with E-state index in [1.165, 1.54) is 4.90 Å². The maximum absolute atomic E-state index is 13.6. The number of amides is 1.